The molecule has 0 saturated carbocycles. The van der Waals surface area contributed by atoms with Gasteiger partial charge in [-0.2, -0.15) is 0 Å². The fraction of sp³-hybridized carbons (Fsp3) is 0.500. The Hall–Kier alpha value is -1.27. The molecule has 1 N–H and O–H groups in total. The van der Waals surface area contributed by atoms with Crippen LogP contribution in [0.2, 0.25) is 5.02 Å². The molecule has 1 aromatic carbocycles. The maximum absolute atomic E-state index is 12.2. The highest BCUT2D eigenvalue weighted by atomic mass is 35.5. The van der Waals surface area contributed by atoms with Crippen molar-refractivity contribution in [2.45, 2.75) is 39.3 Å². The number of benzene rings is 1. The molecular weight excluding hydrogens is 312 g/mol. The maximum atomic E-state index is 12.2. The van der Waals surface area contributed by atoms with E-state index in [0.717, 1.165) is 17.0 Å². The summed E-state index contributed by atoms with van der Waals surface area (Å²) in [6.45, 7) is 5.37. The fourth-order valence-electron chi connectivity index (χ4n) is 1.89. The first-order valence-electron chi connectivity index (χ1n) is 6.72. The molecule has 7 heteroatoms. The molecule has 5 nitrogen and oxygen atoms in total. The van der Waals surface area contributed by atoms with E-state index in [1.807, 2.05) is 13.8 Å². The summed E-state index contributed by atoms with van der Waals surface area (Å²) in [6, 6.07) is 5.56. The third kappa shape index (κ3) is 4.89. The summed E-state index contributed by atoms with van der Waals surface area (Å²) in [7, 11) is -3.61. The van der Waals surface area contributed by atoms with Gasteiger partial charge in [-0.25, -0.2) is 8.42 Å². The van der Waals surface area contributed by atoms with Gasteiger partial charge in [0.25, 0.3) is 0 Å². The van der Waals surface area contributed by atoms with Crippen molar-refractivity contribution in [3.05, 3.63) is 29.3 Å². The Bertz CT molecular complexity index is 604. The van der Waals surface area contributed by atoms with Crippen molar-refractivity contribution in [1.29, 1.82) is 0 Å². The molecule has 2 atom stereocenters. The normalized spacial score (nSPS) is 14.3. The minimum absolute atomic E-state index is 0.0132. The van der Waals surface area contributed by atoms with Crippen LogP contribution in [0.4, 0.5) is 5.69 Å². The van der Waals surface area contributed by atoms with Crippen molar-refractivity contribution in [3.63, 3.8) is 0 Å². The van der Waals surface area contributed by atoms with Crippen molar-refractivity contribution in [1.82, 2.24) is 5.32 Å². The fourth-order valence-corrected chi connectivity index (χ4v) is 3.24. The van der Waals surface area contributed by atoms with Crippen LogP contribution in [0.5, 0.6) is 0 Å². The Morgan fingerprint density at radius 2 is 2.00 bits per heavy atom. The van der Waals surface area contributed by atoms with E-state index in [4.69, 9.17) is 11.6 Å². The lowest BCUT2D eigenvalue weighted by Gasteiger charge is -2.29. The van der Waals surface area contributed by atoms with Crippen LogP contribution in [-0.2, 0) is 14.8 Å². The largest absolute Gasteiger partial charge is 0.352 e. The van der Waals surface area contributed by atoms with Gasteiger partial charge in [0, 0.05) is 11.1 Å². The minimum atomic E-state index is -3.61. The number of nitrogens with one attached hydrogen (secondary N) is 1. The van der Waals surface area contributed by atoms with Crippen LogP contribution in [0.3, 0.4) is 0 Å². The first-order chi connectivity index (χ1) is 9.66. The van der Waals surface area contributed by atoms with Gasteiger partial charge in [0.2, 0.25) is 15.9 Å². The molecule has 0 radical (unpaired) electrons. The smallest absolute Gasteiger partial charge is 0.243 e. The van der Waals surface area contributed by atoms with E-state index in [1.165, 1.54) is 6.07 Å². The van der Waals surface area contributed by atoms with Crippen molar-refractivity contribution >= 4 is 33.2 Å². The van der Waals surface area contributed by atoms with Gasteiger partial charge in [-0.3, -0.25) is 9.10 Å². The molecule has 118 valence electrons. The zero-order valence-corrected chi connectivity index (χ0v) is 14.2. The number of amides is 1. The number of carbonyl (C=O) groups is 1. The van der Waals surface area contributed by atoms with E-state index in [9.17, 15) is 13.2 Å². The molecule has 1 rings (SSSR count). The van der Waals surface area contributed by atoms with Crippen LogP contribution in [0.1, 0.15) is 27.2 Å². The first-order valence-corrected chi connectivity index (χ1v) is 8.94. The second kappa shape index (κ2) is 7.13. The van der Waals surface area contributed by atoms with Crippen LogP contribution in [0.15, 0.2) is 24.3 Å². The topological polar surface area (TPSA) is 66.5 Å². The van der Waals surface area contributed by atoms with Crippen LogP contribution >= 0.6 is 11.6 Å². The Kier molecular flexibility index (Phi) is 6.04. The van der Waals surface area contributed by atoms with Gasteiger partial charge < -0.3 is 5.32 Å². The number of anilines is 1. The van der Waals surface area contributed by atoms with Gasteiger partial charge in [0.05, 0.1) is 11.9 Å². The first kappa shape index (κ1) is 17.8. The highest BCUT2D eigenvalue weighted by Crippen LogP contribution is 2.24. The molecule has 0 fully saturated rings. The third-order valence-corrected chi connectivity index (χ3v) is 4.63. The van der Waals surface area contributed by atoms with Gasteiger partial charge >= 0.3 is 0 Å². The number of nitrogens with zero attached hydrogens (tertiary/aromatic N) is 1. The molecule has 0 unspecified atom stereocenters. The lowest BCUT2D eigenvalue weighted by atomic mass is 10.2. The predicted octanol–water partition coefficient (Wildman–Crippen LogP) is 2.41. The van der Waals surface area contributed by atoms with Crippen LogP contribution in [0, 0.1) is 0 Å². The van der Waals surface area contributed by atoms with E-state index < -0.39 is 16.1 Å². The molecule has 0 saturated heterocycles. The molecule has 1 aromatic rings. The standard InChI is InChI=1S/C14H21ClN2O3S/c1-5-10(2)16-14(18)11(3)17(21(4,19)20)13-8-6-7-12(15)9-13/h6-11H,5H2,1-4H3,(H,16,18)/t10-,11+/m1/s1. The lowest BCUT2D eigenvalue weighted by Crippen LogP contribution is -2.49. The van der Waals surface area contributed by atoms with E-state index in [1.54, 1.807) is 25.1 Å². The van der Waals surface area contributed by atoms with Gasteiger partial charge in [0.15, 0.2) is 0 Å². The second-order valence-electron chi connectivity index (χ2n) is 5.03. The van der Waals surface area contributed by atoms with E-state index in [-0.39, 0.29) is 11.9 Å². The number of carbonyl (C=O) groups excluding carboxylic acids is 1. The Morgan fingerprint density at radius 3 is 2.48 bits per heavy atom. The van der Waals surface area contributed by atoms with Crippen molar-refractivity contribution < 1.29 is 13.2 Å². The number of hydrogen-bond donors (Lipinski definition) is 1. The van der Waals surface area contributed by atoms with Crippen LogP contribution in [-0.4, -0.2) is 32.7 Å². The summed E-state index contributed by atoms with van der Waals surface area (Å²) in [5.41, 5.74) is 0.372. The molecule has 0 aliphatic heterocycles. The van der Waals surface area contributed by atoms with E-state index >= 15 is 0 Å². The molecule has 0 bridgehead atoms. The van der Waals surface area contributed by atoms with Crippen molar-refractivity contribution in [3.8, 4) is 0 Å². The summed E-state index contributed by atoms with van der Waals surface area (Å²) >= 11 is 5.91. The van der Waals surface area contributed by atoms with Crippen LogP contribution < -0.4 is 9.62 Å². The quantitative estimate of drug-likeness (QED) is 0.870. The molecule has 1 amide bonds. The number of hydrogen-bond acceptors (Lipinski definition) is 3. The number of halogens is 1. The highest BCUT2D eigenvalue weighted by Gasteiger charge is 2.29. The highest BCUT2D eigenvalue weighted by molar-refractivity contribution is 7.92. The van der Waals surface area contributed by atoms with Crippen molar-refractivity contribution in [2.75, 3.05) is 10.6 Å². The molecule has 0 heterocycles. The Labute approximate surface area is 131 Å². The molecular formula is C14H21ClN2O3S. The average Bonchev–Trinajstić information content (AvgIpc) is 2.36. The average molecular weight is 333 g/mol. The predicted molar refractivity (Wildman–Crippen MR) is 86.1 cm³/mol. The zero-order valence-electron chi connectivity index (χ0n) is 12.6. The Balaban J connectivity index is 3.13. The van der Waals surface area contributed by atoms with Crippen LogP contribution in [0.25, 0.3) is 0 Å². The summed E-state index contributed by atoms with van der Waals surface area (Å²) in [4.78, 5) is 12.2. The number of sulfonamides is 1. The summed E-state index contributed by atoms with van der Waals surface area (Å²) in [6.07, 6.45) is 1.84. The van der Waals surface area contributed by atoms with Gasteiger partial charge in [-0.05, 0) is 38.5 Å². The summed E-state index contributed by atoms with van der Waals surface area (Å²) in [5, 5.41) is 3.20. The minimum Gasteiger partial charge on any atom is -0.352 e. The SMILES string of the molecule is CC[C@@H](C)NC(=O)[C@H](C)N(c1cccc(Cl)c1)S(C)(=O)=O. The molecule has 21 heavy (non-hydrogen) atoms. The van der Waals surface area contributed by atoms with Gasteiger partial charge in [-0.15, -0.1) is 0 Å². The van der Waals surface area contributed by atoms with Gasteiger partial charge in [0.1, 0.15) is 6.04 Å². The summed E-state index contributed by atoms with van der Waals surface area (Å²) in [5.74, 6) is -0.338. The monoisotopic (exact) mass is 332 g/mol. The molecule has 0 aliphatic rings. The third-order valence-electron chi connectivity index (χ3n) is 3.15. The zero-order chi connectivity index (χ0) is 16.2. The lowest BCUT2D eigenvalue weighted by molar-refractivity contribution is -0.122. The van der Waals surface area contributed by atoms with Crippen molar-refractivity contribution in [2.24, 2.45) is 0 Å². The number of rotatable bonds is 6. The maximum Gasteiger partial charge on any atom is 0.243 e. The Morgan fingerprint density at radius 1 is 1.38 bits per heavy atom. The molecule has 0 aliphatic carbocycles. The van der Waals surface area contributed by atoms with E-state index in [2.05, 4.69) is 5.32 Å². The van der Waals surface area contributed by atoms with E-state index in [0.29, 0.717) is 10.7 Å². The molecule has 0 aromatic heterocycles. The molecule has 0 spiro atoms. The van der Waals surface area contributed by atoms with Gasteiger partial charge in [-0.1, -0.05) is 24.6 Å². The second-order valence-corrected chi connectivity index (χ2v) is 7.33. The summed E-state index contributed by atoms with van der Waals surface area (Å²) < 4.78 is 25.2.